The highest BCUT2D eigenvalue weighted by Crippen LogP contribution is 2.12. The van der Waals surface area contributed by atoms with Crippen molar-refractivity contribution in [2.75, 3.05) is 13.1 Å². The molecule has 0 aromatic rings. The van der Waals surface area contributed by atoms with Crippen LogP contribution in [0.1, 0.15) is 39.5 Å². The van der Waals surface area contributed by atoms with Gasteiger partial charge in [0.25, 0.3) is 5.91 Å². The highest BCUT2D eigenvalue weighted by atomic mass is 16.4. The van der Waals surface area contributed by atoms with Crippen molar-refractivity contribution in [3.63, 3.8) is 0 Å². The zero-order valence-corrected chi connectivity index (χ0v) is 12.6. The fraction of sp³-hybridized carbons (Fsp3) is 0.667. The molecule has 1 saturated heterocycles. The number of carboxylic acid groups (broad SMARTS) is 1. The second-order valence-corrected chi connectivity index (χ2v) is 5.71. The second kappa shape index (κ2) is 8.30. The first-order valence-electron chi connectivity index (χ1n) is 7.34. The maximum atomic E-state index is 12.2. The van der Waals surface area contributed by atoms with Crippen LogP contribution in [0.15, 0.2) is 11.8 Å². The Balaban J connectivity index is 2.71. The van der Waals surface area contributed by atoms with Gasteiger partial charge in [-0.3, -0.25) is 4.79 Å². The molecule has 1 fully saturated rings. The Bertz CT molecular complexity index is 446. The number of nitrogens with one attached hydrogen (secondary N) is 1. The maximum absolute atomic E-state index is 12.2. The summed E-state index contributed by atoms with van der Waals surface area (Å²) in [4.78, 5) is 25.0. The minimum atomic E-state index is -0.984. The Morgan fingerprint density at radius 3 is 2.43 bits per heavy atom. The van der Waals surface area contributed by atoms with Crippen molar-refractivity contribution < 1.29 is 14.7 Å². The minimum Gasteiger partial charge on any atom is -0.480 e. The Labute approximate surface area is 125 Å². The van der Waals surface area contributed by atoms with Gasteiger partial charge in [0.15, 0.2) is 0 Å². The molecule has 1 amide bonds. The summed E-state index contributed by atoms with van der Waals surface area (Å²) in [6.45, 7) is 5.16. The maximum Gasteiger partial charge on any atom is 0.326 e. The molecular weight excluding hydrogens is 270 g/mol. The van der Waals surface area contributed by atoms with E-state index in [1.807, 2.05) is 19.9 Å². The molecule has 2 N–H and O–H groups in total. The molecule has 1 heterocycles. The molecule has 21 heavy (non-hydrogen) atoms. The van der Waals surface area contributed by atoms with Gasteiger partial charge >= 0.3 is 5.97 Å². The van der Waals surface area contributed by atoms with E-state index in [1.54, 1.807) is 4.90 Å². The van der Waals surface area contributed by atoms with Crippen LogP contribution in [-0.4, -0.2) is 41.0 Å². The SMILES string of the molecule is CC(C)CC(N/C=C(/C#N)C(=O)N1CCCCC1)C(=O)O. The average Bonchev–Trinajstić information content (AvgIpc) is 2.46. The molecule has 1 atom stereocenters. The van der Waals surface area contributed by atoms with Crippen LogP contribution in [-0.2, 0) is 9.59 Å². The highest BCUT2D eigenvalue weighted by Gasteiger charge is 2.22. The van der Waals surface area contributed by atoms with Crippen LogP contribution in [0.5, 0.6) is 0 Å². The van der Waals surface area contributed by atoms with Gasteiger partial charge in [0, 0.05) is 19.3 Å². The van der Waals surface area contributed by atoms with Crippen LogP contribution >= 0.6 is 0 Å². The molecule has 1 aliphatic rings. The van der Waals surface area contributed by atoms with Crippen molar-refractivity contribution in [1.29, 1.82) is 5.26 Å². The number of piperidine rings is 1. The number of aliphatic carboxylic acids is 1. The molecular formula is C15H23N3O3. The van der Waals surface area contributed by atoms with Gasteiger partial charge in [-0.1, -0.05) is 13.8 Å². The van der Waals surface area contributed by atoms with Gasteiger partial charge in [-0.25, -0.2) is 4.79 Å². The van der Waals surface area contributed by atoms with E-state index in [9.17, 15) is 9.59 Å². The van der Waals surface area contributed by atoms with Gasteiger partial charge in [-0.2, -0.15) is 5.26 Å². The smallest absolute Gasteiger partial charge is 0.326 e. The zero-order chi connectivity index (χ0) is 15.8. The van der Waals surface area contributed by atoms with E-state index in [2.05, 4.69) is 5.32 Å². The molecule has 1 rings (SSSR count). The summed E-state index contributed by atoms with van der Waals surface area (Å²) in [6, 6.07) is 1.07. The standard InChI is InChI=1S/C15H23N3O3/c1-11(2)8-13(15(20)21)17-10-12(9-16)14(19)18-6-4-3-5-7-18/h10-11,13,17H,3-8H2,1-2H3,(H,20,21)/b12-10-. The van der Waals surface area contributed by atoms with Crippen molar-refractivity contribution in [3.8, 4) is 6.07 Å². The first-order chi connectivity index (χ1) is 9.95. The van der Waals surface area contributed by atoms with Crippen LogP contribution in [0.2, 0.25) is 0 Å². The summed E-state index contributed by atoms with van der Waals surface area (Å²) >= 11 is 0. The topological polar surface area (TPSA) is 93.4 Å². The van der Waals surface area contributed by atoms with Crippen molar-refractivity contribution in [3.05, 3.63) is 11.8 Å². The molecule has 0 spiro atoms. The van der Waals surface area contributed by atoms with Gasteiger partial charge in [0.05, 0.1) is 0 Å². The number of carboxylic acids is 1. The number of likely N-dealkylation sites (tertiary alicyclic amines) is 1. The first-order valence-corrected chi connectivity index (χ1v) is 7.34. The van der Waals surface area contributed by atoms with Crippen molar-refractivity contribution in [2.24, 2.45) is 5.92 Å². The van der Waals surface area contributed by atoms with Gasteiger partial charge in [0.2, 0.25) is 0 Å². The van der Waals surface area contributed by atoms with E-state index in [1.165, 1.54) is 6.20 Å². The fourth-order valence-corrected chi connectivity index (χ4v) is 2.30. The lowest BCUT2D eigenvalue weighted by atomic mass is 10.0. The summed E-state index contributed by atoms with van der Waals surface area (Å²) in [7, 11) is 0. The summed E-state index contributed by atoms with van der Waals surface area (Å²) in [6.07, 6.45) is 4.68. The van der Waals surface area contributed by atoms with Crippen LogP contribution in [0, 0.1) is 17.2 Å². The normalized spacial score (nSPS) is 17.2. The van der Waals surface area contributed by atoms with E-state index < -0.39 is 12.0 Å². The lowest BCUT2D eigenvalue weighted by molar-refractivity contribution is -0.139. The molecule has 0 radical (unpaired) electrons. The molecule has 116 valence electrons. The molecule has 0 bridgehead atoms. The van der Waals surface area contributed by atoms with Crippen LogP contribution in [0.3, 0.4) is 0 Å². The monoisotopic (exact) mass is 293 g/mol. The van der Waals surface area contributed by atoms with Gasteiger partial charge < -0.3 is 15.3 Å². The number of hydrogen-bond acceptors (Lipinski definition) is 4. The molecule has 0 saturated carbocycles. The molecule has 1 unspecified atom stereocenters. The molecule has 1 aliphatic heterocycles. The van der Waals surface area contributed by atoms with E-state index >= 15 is 0 Å². The fourth-order valence-electron chi connectivity index (χ4n) is 2.30. The van der Waals surface area contributed by atoms with Gasteiger partial charge in [-0.05, 0) is 31.6 Å². The third-order valence-corrected chi connectivity index (χ3v) is 3.43. The highest BCUT2D eigenvalue weighted by molar-refractivity contribution is 5.97. The number of amides is 1. The van der Waals surface area contributed by atoms with E-state index in [-0.39, 0.29) is 17.4 Å². The number of nitrogens with zero attached hydrogens (tertiary/aromatic N) is 2. The lowest BCUT2D eigenvalue weighted by Gasteiger charge is -2.26. The molecule has 0 aromatic heterocycles. The summed E-state index contributed by atoms with van der Waals surface area (Å²) < 4.78 is 0. The van der Waals surface area contributed by atoms with E-state index in [0.29, 0.717) is 19.5 Å². The summed E-state index contributed by atoms with van der Waals surface area (Å²) in [5.74, 6) is -1.10. The van der Waals surface area contributed by atoms with Crippen molar-refractivity contribution in [1.82, 2.24) is 10.2 Å². The molecule has 6 heteroatoms. The Morgan fingerprint density at radius 1 is 1.33 bits per heavy atom. The van der Waals surface area contributed by atoms with Crippen molar-refractivity contribution in [2.45, 2.75) is 45.6 Å². The third kappa shape index (κ3) is 5.46. The van der Waals surface area contributed by atoms with Crippen LogP contribution in [0.25, 0.3) is 0 Å². The summed E-state index contributed by atoms with van der Waals surface area (Å²) in [5.41, 5.74) is -0.0353. The van der Waals surface area contributed by atoms with Crippen molar-refractivity contribution >= 4 is 11.9 Å². The lowest BCUT2D eigenvalue weighted by Crippen LogP contribution is -2.38. The Kier molecular flexibility index (Phi) is 6.73. The van der Waals surface area contributed by atoms with E-state index in [0.717, 1.165) is 19.3 Å². The Morgan fingerprint density at radius 2 is 1.95 bits per heavy atom. The van der Waals surface area contributed by atoms with Gasteiger partial charge in [-0.15, -0.1) is 0 Å². The van der Waals surface area contributed by atoms with Gasteiger partial charge in [0.1, 0.15) is 17.7 Å². The van der Waals surface area contributed by atoms with E-state index in [4.69, 9.17) is 10.4 Å². The number of carbonyl (C=O) groups excluding carboxylic acids is 1. The molecule has 6 nitrogen and oxygen atoms in total. The number of carbonyl (C=O) groups is 2. The number of nitriles is 1. The minimum absolute atomic E-state index is 0.0353. The average molecular weight is 293 g/mol. The second-order valence-electron chi connectivity index (χ2n) is 5.71. The molecule has 0 aromatic carbocycles. The third-order valence-electron chi connectivity index (χ3n) is 3.43. The zero-order valence-electron chi connectivity index (χ0n) is 12.6. The summed E-state index contributed by atoms with van der Waals surface area (Å²) in [5, 5.41) is 20.9. The predicted molar refractivity (Wildman–Crippen MR) is 78.1 cm³/mol. The quantitative estimate of drug-likeness (QED) is 0.571. The number of rotatable bonds is 6. The number of hydrogen-bond donors (Lipinski definition) is 2. The van der Waals surface area contributed by atoms with Crippen LogP contribution < -0.4 is 5.32 Å². The molecule has 0 aliphatic carbocycles. The van der Waals surface area contributed by atoms with Crippen LogP contribution in [0.4, 0.5) is 0 Å². The first kappa shape index (κ1) is 17.0. The largest absolute Gasteiger partial charge is 0.480 e. The predicted octanol–water partition coefficient (Wildman–Crippen LogP) is 1.50. The Hall–Kier alpha value is -2.03.